The largest absolute Gasteiger partial charge is 0.332 e. The number of hydrogen-bond donors (Lipinski definition) is 1. The Hall–Kier alpha value is -2.10. The highest BCUT2D eigenvalue weighted by Crippen LogP contribution is 2.53. The molecule has 1 saturated heterocycles. The minimum absolute atomic E-state index is 0.0675. The molecule has 4 nitrogen and oxygen atoms in total. The number of nitrogens with one attached hydrogen (secondary N) is 1. The summed E-state index contributed by atoms with van der Waals surface area (Å²) in [6.07, 6.45) is 5.22. The maximum atomic E-state index is 12.9. The number of likely N-dealkylation sites (tertiary alicyclic amines) is 1. The Morgan fingerprint density at radius 2 is 2.17 bits per heavy atom. The summed E-state index contributed by atoms with van der Waals surface area (Å²) in [7, 11) is 0. The van der Waals surface area contributed by atoms with Crippen molar-refractivity contribution in [2.75, 3.05) is 6.54 Å². The Morgan fingerprint density at radius 1 is 1.35 bits per heavy atom. The lowest BCUT2D eigenvalue weighted by Crippen LogP contribution is -2.67. The van der Waals surface area contributed by atoms with Gasteiger partial charge in [-0.25, -0.2) is 0 Å². The van der Waals surface area contributed by atoms with Gasteiger partial charge < -0.3 is 4.90 Å². The molecule has 4 heteroatoms. The van der Waals surface area contributed by atoms with E-state index in [0.717, 1.165) is 24.4 Å². The summed E-state index contributed by atoms with van der Waals surface area (Å²) in [4.78, 5) is 15.0. The molecular weight excluding hydrogens is 286 g/mol. The number of benzene rings is 1. The van der Waals surface area contributed by atoms with E-state index in [0.29, 0.717) is 12.3 Å². The number of carbonyl (C=O) groups excluding carboxylic acids is 1. The molecule has 2 heterocycles. The highest BCUT2D eigenvalue weighted by molar-refractivity contribution is 5.80. The maximum absolute atomic E-state index is 12.9. The monoisotopic (exact) mass is 309 g/mol. The molecule has 1 aromatic carbocycles. The number of aromatic amines is 1. The van der Waals surface area contributed by atoms with Crippen LogP contribution in [0.5, 0.6) is 0 Å². The van der Waals surface area contributed by atoms with Crippen LogP contribution in [-0.2, 0) is 16.8 Å². The predicted octanol–water partition coefficient (Wildman–Crippen LogP) is 3.19. The average molecular weight is 309 g/mol. The number of fused-ring (bicyclic) bond motifs is 1. The van der Waals surface area contributed by atoms with Crippen molar-refractivity contribution in [3.63, 3.8) is 0 Å². The number of amides is 1. The van der Waals surface area contributed by atoms with Crippen molar-refractivity contribution < 1.29 is 4.79 Å². The lowest BCUT2D eigenvalue weighted by molar-refractivity contribution is -0.166. The summed E-state index contributed by atoms with van der Waals surface area (Å²) in [5.41, 5.74) is 3.09. The zero-order valence-electron chi connectivity index (χ0n) is 13.6. The number of H-pyrrole nitrogens is 1. The number of hydrogen-bond acceptors (Lipinski definition) is 2. The fourth-order valence-electron chi connectivity index (χ4n) is 4.50. The first-order valence-corrected chi connectivity index (χ1v) is 8.57. The fourth-order valence-corrected chi connectivity index (χ4v) is 4.50. The quantitative estimate of drug-likeness (QED) is 0.946. The smallest absolute Gasteiger partial charge is 0.229 e. The Morgan fingerprint density at radius 3 is 2.87 bits per heavy atom. The number of aryl methyl sites for hydroxylation is 1. The highest BCUT2D eigenvalue weighted by atomic mass is 16.2. The third kappa shape index (κ3) is 2.28. The molecule has 2 aliphatic rings. The normalized spacial score (nSPS) is 26.5. The van der Waals surface area contributed by atoms with Gasteiger partial charge in [0.1, 0.15) is 0 Å². The molecule has 0 bridgehead atoms. The summed E-state index contributed by atoms with van der Waals surface area (Å²) in [6.45, 7) is 2.87. The average Bonchev–Trinajstić information content (AvgIpc) is 2.94. The molecule has 2 aromatic rings. The Labute approximate surface area is 136 Å². The van der Waals surface area contributed by atoms with Gasteiger partial charge in [0.15, 0.2) is 0 Å². The summed E-state index contributed by atoms with van der Waals surface area (Å²) in [5, 5.41) is 7.15. The molecule has 2 atom stereocenters. The van der Waals surface area contributed by atoms with Crippen LogP contribution >= 0.6 is 0 Å². The second kappa shape index (κ2) is 5.52. The van der Waals surface area contributed by atoms with Gasteiger partial charge in [0.05, 0.1) is 17.7 Å². The molecule has 1 amide bonds. The molecule has 23 heavy (non-hydrogen) atoms. The van der Waals surface area contributed by atoms with Crippen LogP contribution in [0.2, 0.25) is 0 Å². The third-order valence-corrected chi connectivity index (χ3v) is 5.59. The predicted molar refractivity (Wildman–Crippen MR) is 88.8 cm³/mol. The lowest BCUT2D eigenvalue weighted by Gasteiger charge is -2.61. The SMILES string of the molecule is Cc1cc(CC(=O)N2C[C@@H]3CCCC[C@]32c2ccccc2)n[nH]1. The molecule has 0 spiro atoms. The minimum Gasteiger partial charge on any atom is -0.332 e. The van der Waals surface area contributed by atoms with Gasteiger partial charge >= 0.3 is 0 Å². The van der Waals surface area contributed by atoms with Gasteiger partial charge in [0.25, 0.3) is 0 Å². The van der Waals surface area contributed by atoms with Crippen molar-refractivity contribution in [3.05, 3.63) is 53.3 Å². The third-order valence-electron chi connectivity index (χ3n) is 5.59. The molecule has 1 aliphatic heterocycles. The Balaban J connectivity index is 1.62. The molecule has 1 saturated carbocycles. The van der Waals surface area contributed by atoms with Crippen LogP contribution in [0.25, 0.3) is 0 Å². The molecule has 4 rings (SSSR count). The lowest BCUT2D eigenvalue weighted by atomic mass is 9.61. The zero-order valence-corrected chi connectivity index (χ0v) is 13.6. The molecule has 2 fully saturated rings. The van der Waals surface area contributed by atoms with Crippen LogP contribution in [0.15, 0.2) is 36.4 Å². The zero-order chi connectivity index (χ0) is 15.9. The second-order valence-electron chi connectivity index (χ2n) is 6.96. The number of carbonyl (C=O) groups is 1. The standard InChI is InChI=1S/C19H23N3O/c1-14-11-17(21-20-14)12-18(23)22-13-16-9-5-6-10-19(16,22)15-7-3-2-4-8-15/h2-4,7-8,11,16H,5-6,9-10,12-13H2,1H3,(H,20,21)/t16-,19-/m0/s1. The second-order valence-corrected chi connectivity index (χ2v) is 6.96. The van der Waals surface area contributed by atoms with Crippen molar-refractivity contribution in [2.45, 2.75) is 44.6 Å². The fraction of sp³-hybridized carbons (Fsp3) is 0.474. The first-order valence-electron chi connectivity index (χ1n) is 8.57. The number of aromatic nitrogens is 2. The first kappa shape index (κ1) is 14.5. The van der Waals surface area contributed by atoms with Crippen molar-refractivity contribution >= 4 is 5.91 Å². The van der Waals surface area contributed by atoms with Crippen LogP contribution in [0.1, 0.15) is 42.6 Å². The number of nitrogens with zero attached hydrogens (tertiary/aromatic N) is 2. The van der Waals surface area contributed by atoms with Gasteiger partial charge in [0.2, 0.25) is 5.91 Å². The summed E-state index contributed by atoms with van der Waals surface area (Å²) in [5.74, 6) is 0.821. The van der Waals surface area contributed by atoms with E-state index in [1.807, 2.05) is 13.0 Å². The van der Waals surface area contributed by atoms with E-state index < -0.39 is 0 Å². The first-order chi connectivity index (χ1) is 11.2. The molecule has 0 unspecified atom stereocenters. The van der Waals surface area contributed by atoms with Crippen LogP contribution in [0, 0.1) is 12.8 Å². The van der Waals surface area contributed by atoms with E-state index in [2.05, 4.69) is 45.4 Å². The molecule has 1 aliphatic carbocycles. The van der Waals surface area contributed by atoms with E-state index in [1.165, 1.54) is 24.8 Å². The Bertz CT molecular complexity index is 708. The molecule has 0 radical (unpaired) electrons. The minimum atomic E-state index is -0.0675. The van der Waals surface area contributed by atoms with Crippen LogP contribution in [0.3, 0.4) is 0 Å². The van der Waals surface area contributed by atoms with Gasteiger partial charge in [-0.1, -0.05) is 43.2 Å². The van der Waals surface area contributed by atoms with Crippen molar-refractivity contribution in [2.24, 2.45) is 5.92 Å². The molecule has 1 aromatic heterocycles. The topological polar surface area (TPSA) is 49.0 Å². The molecular formula is C19H23N3O. The van der Waals surface area contributed by atoms with Gasteiger partial charge in [-0.2, -0.15) is 5.10 Å². The summed E-state index contributed by atoms with van der Waals surface area (Å²) in [6, 6.07) is 12.6. The van der Waals surface area contributed by atoms with Crippen LogP contribution in [-0.4, -0.2) is 27.5 Å². The van der Waals surface area contributed by atoms with Gasteiger partial charge in [0, 0.05) is 18.2 Å². The van der Waals surface area contributed by atoms with Crippen LogP contribution < -0.4 is 0 Å². The molecule has 1 N–H and O–H groups in total. The van der Waals surface area contributed by atoms with Gasteiger partial charge in [-0.05, 0) is 31.4 Å². The van der Waals surface area contributed by atoms with Gasteiger partial charge in [-0.3, -0.25) is 9.89 Å². The number of rotatable bonds is 3. The maximum Gasteiger partial charge on any atom is 0.229 e. The highest BCUT2D eigenvalue weighted by Gasteiger charge is 2.56. The Kier molecular flexibility index (Phi) is 3.47. The van der Waals surface area contributed by atoms with Crippen molar-refractivity contribution in [1.29, 1.82) is 0 Å². The summed E-state index contributed by atoms with van der Waals surface area (Å²) < 4.78 is 0. The van der Waals surface area contributed by atoms with E-state index in [1.54, 1.807) is 0 Å². The van der Waals surface area contributed by atoms with Crippen LogP contribution in [0.4, 0.5) is 0 Å². The van der Waals surface area contributed by atoms with E-state index in [9.17, 15) is 4.79 Å². The van der Waals surface area contributed by atoms with Crippen molar-refractivity contribution in [3.8, 4) is 0 Å². The van der Waals surface area contributed by atoms with E-state index in [4.69, 9.17) is 0 Å². The molecule has 120 valence electrons. The summed E-state index contributed by atoms with van der Waals surface area (Å²) >= 11 is 0. The van der Waals surface area contributed by atoms with Gasteiger partial charge in [-0.15, -0.1) is 0 Å². The van der Waals surface area contributed by atoms with E-state index >= 15 is 0 Å². The van der Waals surface area contributed by atoms with E-state index in [-0.39, 0.29) is 11.4 Å². The van der Waals surface area contributed by atoms with Crippen molar-refractivity contribution in [1.82, 2.24) is 15.1 Å².